The number of aromatic nitrogens is 4. The van der Waals surface area contributed by atoms with E-state index in [1.807, 2.05) is 17.1 Å². The summed E-state index contributed by atoms with van der Waals surface area (Å²) in [7, 11) is 0. The van der Waals surface area contributed by atoms with Gasteiger partial charge in [0.2, 0.25) is 5.13 Å². The first-order chi connectivity index (χ1) is 8.67. The van der Waals surface area contributed by atoms with E-state index >= 15 is 0 Å². The first-order valence-corrected chi connectivity index (χ1v) is 7.06. The van der Waals surface area contributed by atoms with Gasteiger partial charge in [0, 0.05) is 31.3 Å². The highest BCUT2D eigenvalue weighted by Gasteiger charge is 2.06. The second-order valence-electron chi connectivity index (χ2n) is 4.66. The second-order valence-corrected chi connectivity index (χ2v) is 5.72. The van der Waals surface area contributed by atoms with Crippen molar-refractivity contribution in [3.05, 3.63) is 23.0 Å². The first kappa shape index (κ1) is 13.0. The lowest BCUT2D eigenvalue weighted by Crippen LogP contribution is -1.98. The molecule has 0 spiro atoms. The van der Waals surface area contributed by atoms with Gasteiger partial charge in [0.15, 0.2) is 0 Å². The van der Waals surface area contributed by atoms with Crippen molar-refractivity contribution >= 4 is 16.5 Å². The van der Waals surface area contributed by atoms with Crippen LogP contribution in [0.25, 0.3) is 0 Å². The Hall–Kier alpha value is -1.43. The van der Waals surface area contributed by atoms with Gasteiger partial charge in [0.25, 0.3) is 0 Å². The number of anilines is 1. The van der Waals surface area contributed by atoms with Crippen LogP contribution in [0.5, 0.6) is 0 Å². The van der Waals surface area contributed by atoms with Gasteiger partial charge in [-0.05, 0) is 12.8 Å². The summed E-state index contributed by atoms with van der Waals surface area (Å²) in [6, 6.07) is 0. The largest absolute Gasteiger partial charge is 0.356 e. The Kier molecular flexibility index (Phi) is 4.30. The lowest BCUT2D eigenvalue weighted by molar-refractivity contribution is 0.640. The van der Waals surface area contributed by atoms with Crippen LogP contribution in [0.3, 0.4) is 0 Å². The molecule has 0 unspecified atom stereocenters. The van der Waals surface area contributed by atoms with E-state index in [2.05, 4.69) is 41.4 Å². The van der Waals surface area contributed by atoms with E-state index in [1.54, 1.807) is 11.3 Å². The smallest absolute Gasteiger partial charge is 0.205 e. The molecule has 2 heterocycles. The Bertz CT molecular complexity index is 488. The highest BCUT2D eigenvalue weighted by Crippen LogP contribution is 2.18. The van der Waals surface area contributed by atoms with Crippen molar-refractivity contribution in [1.29, 1.82) is 0 Å². The van der Waals surface area contributed by atoms with E-state index in [9.17, 15) is 0 Å². The number of nitrogens with one attached hydrogen (secondary N) is 1. The average Bonchev–Trinajstić information content (AvgIpc) is 2.94. The number of hydrogen-bond acceptors (Lipinski definition) is 5. The number of nitrogens with zero attached hydrogens (tertiary/aromatic N) is 4. The third kappa shape index (κ3) is 3.53. The normalized spacial score (nSPS) is 11.1. The van der Waals surface area contributed by atoms with Crippen molar-refractivity contribution in [2.24, 2.45) is 5.92 Å². The van der Waals surface area contributed by atoms with E-state index in [0.29, 0.717) is 5.92 Å². The van der Waals surface area contributed by atoms with Crippen molar-refractivity contribution < 1.29 is 0 Å². The third-order valence-corrected chi connectivity index (χ3v) is 3.41. The summed E-state index contributed by atoms with van der Waals surface area (Å²) in [6.07, 6.45) is 4.92. The van der Waals surface area contributed by atoms with Crippen LogP contribution in [0, 0.1) is 5.92 Å². The summed E-state index contributed by atoms with van der Waals surface area (Å²) in [4.78, 5) is 0. The van der Waals surface area contributed by atoms with Crippen molar-refractivity contribution in [3.8, 4) is 0 Å². The van der Waals surface area contributed by atoms with E-state index < -0.39 is 0 Å². The molecule has 0 saturated heterocycles. The number of aryl methyl sites for hydroxylation is 1. The highest BCUT2D eigenvalue weighted by atomic mass is 32.1. The van der Waals surface area contributed by atoms with Crippen molar-refractivity contribution in [3.63, 3.8) is 0 Å². The average molecular weight is 265 g/mol. The van der Waals surface area contributed by atoms with Crippen LogP contribution >= 0.6 is 11.3 Å². The molecule has 0 aromatic carbocycles. The number of hydrogen-bond donors (Lipinski definition) is 1. The zero-order chi connectivity index (χ0) is 13.0. The minimum absolute atomic E-state index is 0.619. The molecule has 18 heavy (non-hydrogen) atoms. The van der Waals surface area contributed by atoms with Gasteiger partial charge in [-0.3, -0.25) is 4.68 Å². The molecular formula is C12H19N5S. The Morgan fingerprint density at radius 3 is 2.89 bits per heavy atom. The summed E-state index contributed by atoms with van der Waals surface area (Å²) in [5, 5.41) is 17.8. The fraction of sp³-hybridized carbons (Fsp3) is 0.583. The zero-order valence-electron chi connectivity index (χ0n) is 11.1. The molecule has 6 heteroatoms. The Morgan fingerprint density at radius 2 is 2.22 bits per heavy atom. The fourth-order valence-electron chi connectivity index (χ4n) is 1.61. The molecule has 5 nitrogen and oxygen atoms in total. The zero-order valence-corrected chi connectivity index (χ0v) is 11.9. The SMILES string of the molecule is CCn1cc(CNc2nnc(CC(C)C)s2)cn1. The maximum absolute atomic E-state index is 4.24. The standard InChI is InChI=1S/C12H19N5S/c1-4-17-8-10(7-14-17)6-13-12-16-15-11(18-12)5-9(2)3/h7-9H,4-6H2,1-3H3,(H,13,16). The molecular weight excluding hydrogens is 246 g/mol. The minimum atomic E-state index is 0.619. The summed E-state index contributed by atoms with van der Waals surface area (Å²) in [5.41, 5.74) is 1.16. The van der Waals surface area contributed by atoms with Gasteiger partial charge in [-0.1, -0.05) is 25.2 Å². The van der Waals surface area contributed by atoms with Gasteiger partial charge < -0.3 is 5.32 Å². The van der Waals surface area contributed by atoms with E-state index in [1.165, 1.54) is 0 Å². The van der Waals surface area contributed by atoms with Gasteiger partial charge in [-0.25, -0.2) is 0 Å². The molecule has 0 amide bonds. The summed E-state index contributed by atoms with van der Waals surface area (Å²) in [6.45, 7) is 8.10. The predicted octanol–water partition coefficient (Wildman–Crippen LogP) is 2.57. The third-order valence-electron chi connectivity index (χ3n) is 2.50. The molecule has 0 aliphatic carbocycles. The topological polar surface area (TPSA) is 55.6 Å². The molecule has 1 N–H and O–H groups in total. The molecule has 0 saturated carbocycles. The van der Waals surface area contributed by atoms with Gasteiger partial charge in [0.1, 0.15) is 5.01 Å². The van der Waals surface area contributed by atoms with Crippen LogP contribution in [0.1, 0.15) is 31.3 Å². The van der Waals surface area contributed by atoms with E-state index in [-0.39, 0.29) is 0 Å². The Morgan fingerprint density at radius 1 is 1.39 bits per heavy atom. The Labute approximate surface area is 111 Å². The second kappa shape index (κ2) is 5.95. The van der Waals surface area contributed by atoms with Crippen LogP contribution in [0.2, 0.25) is 0 Å². The van der Waals surface area contributed by atoms with Crippen LogP contribution in [0.4, 0.5) is 5.13 Å². The molecule has 0 aliphatic rings. The highest BCUT2D eigenvalue weighted by molar-refractivity contribution is 7.15. The lowest BCUT2D eigenvalue weighted by atomic mass is 10.1. The van der Waals surface area contributed by atoms with Gasteiger partial charge in [-0.2, -0.15) is 5.10 Å². The molecule has 2 aromatic heterocycles. The molecule has 0 atom stereocenters. The molecule has 0 aliphatic heterocycles. The van der Waals surface area contributed by atoms with E-state index in [0.717, 1.165) is 35.2 Å². The predicted molar refractivity (Wildman–Crippen MR) is 73.7 cm³/mol. The summed E-state index contributed by atoms with van der Waals surface area (Å²) < 4.78 is 1.92. The van der Waals surface area contributed by atoms with Crippen LogP contribution in [0.15, 0.2) is 12.4 Å². The molecule has 98 valence electrons. The van der Waals surface area contributed by atoms with Crippen molar-refractivity contribution in [1.82, 2.24) is 20.0 Å². The van der Waals surface area contributed by atoms with Crippen molar-refractivity contribution in [2.45, 2.75) is 40.3 Å². The Balaban J connectivity index is 1.87. The molecule has 0 fully saturated rings. The molecule has 0 bridgehead atoms. The number of rotatable bonds is 6. The first-order valence-electron chi connectivity index (χ1n) is 6.25. The maximum Gasteiger partial charge on any atom is 0.205 e. The maximum atomic E-state index is 4.24. The molecule has 2 rings (SSSR count). The van der Waals surface area contributed by atoms with E-state index in [4.69, 9.17) is 0 Å². The van der Waals surface area contributed by atoms with Gasteiger partial charge in [0.05, 0.1) is 6.20 Å². The summed E-state index contributed by atoms with van der Waals surface area (Å²) >= 11 is 1.63. The van der Waals surface area contributed by atoms with Crippen molar-refractivity contribution in [2.75, 3.05) is 5.32 Å². The molecule has 2 aromatic rings. The van der Waals surface area contributed by atoms with Crippen LogP contribution in [-0.2, 0) is 19.5 Å². The van der Waals surface area contributed by atoms with Gasteiger partial charge in [-0.15, -0.1) is 10.2 Å². The quantitative estimate of drug-likeness (QED) is 0.872. The fourth-order valence-corrected chi connectivity index (χ4v) is 2.55. The van der Waals surface area contributed by atoms with Gasteiger partial charge >= 0.3 is 0 Å². The van der Waals surface area contributed by atoms with Crippen LogP contribution < -0.4 is 5.32 Å². The summed E-state index contributed by atoms with van der Waals surface area (Å²) in [5.74, 6) is 0.619. The monoisotopic (exact) mass is 265 g/mol. The molecule has 0 radical (unpaired) electrons. The van der Waals surface area contributed by atoms with Crippen LogP contribution in [-0.4, -0.2) is 20.0 Å². The lowest BCUT2D eigenvalue weighted by Gasteiger charge is -1.99. The minimum Gasteiger partial charge on any atom is -0.356 e.